The van der Waals surface area contributed by atoms with E-state index in [0.717, 1.165) is 35.9 Å². The van der Waals surface area contributed by atoms with E-state index in [1.165, 1.54) is 21.4 Å². The highest BCUT2D eigenvalue weighted by Crippen LogP contribution is 2.37. The summed E-state index contributed by atoms with van der Waals surface area (Å²) in [6.45, 7) is -0.151. The molecule has 0 saturated heterocycles. The average molecular weight is 292 g/mol. The number of hydrogen-bond acceptors (Lipinski definition) is 5. The molecular formula is C13H16N4O2S. The topological polar surface area (TPSA) is 104 Å². The van der Waals surface area contributed by atoms with Crippen LogP contribution in [0.5, 0.6) is 0 Å². The van der Waals surface area contributed by atoms with Crippen LogP contribution < -0.4 is 17.2 Å². The monoisotopic (exact) mass is 292 g/mol. The molecule has 1 amide bonds. The minimum atomic E-state index is -0.552. The fraction of sp³-hybridized carbons (Fsp3) is 0.462. The van der Waals surface area contributed by atoms with Crippen molar-refractivity contribution in [3.05, 3.63) is 20.9 Å². The van der Waals surface area contributed by atoms with E-state index in [-0.39, 0.29) is 12.4 Å². The molecule has 6 nitrogen and oxygen atoms in total. The molecule has 2 heterocycles. The highest BCUT2D eigenvalue weighted by atomic mass is 32.1. The summed E-state index contributed by atoms with van der Waals surface area (Å²) in [5, 5.41) is 0.841. The van der Waals surface area contributed by atoms with Crippen molar-refractivity contribution >= 4 is 33.3 Å². The molecule has 0 aromatic carbocycles. The predicted molar refractivity (Wildman–Crippen MR) is 78.7 cm³/mol. The molecule has 2 aromatic heterocycles. The lowest BCUT2D eigenvalue weighted by molar-refractivity contribution is -0.118. The molecular weight excluding hydrogens is 276 g/mol. The van der Waals surface area contributed by atoms with E-state index < -0.39 is 11.6 Å². The van der Waals surface area contributed by atoms with Gasteiger partial charge in [0.1, 0.15) is 17.2 Å². The maximum Gasteiger partial charge on any atom is 0.351 e. The Labute approximate surface area is 119 Å². The second kappa shape index (κ2) is 4.90. The smallest absolute Gasteiger partial charge is 0.351 e. The number of nitrogen functional groups attached to an aromatic ring is 1. The first-order chi connectivity index (χ1) is 9.58. The molecule has 0 unspecified atom stereocenters. The van der Waals surface area contributed by atoms with Gasteiger partial charge < -0.3 is 11.5 Å². The average Bonchev–Trinajstić information content (AvgIpc) is 2.58. The van der Waals surface area contributed by atoms with Crippen LogP contribution in [0.2, 0.25) is 0 Å². The van der Waals surface area contributed by atoms with Crippen molar-refractivity contribution in [1.29, 1.82) is 0 Å². The van der Waals surface area contributed by atoms with Crippen LogP contribution in [-0.4, -0.2) is 15.5 Å². The third-order valence-electron chi connectivity index (χ3n) is 3.66. The van der Waals surface area contributed by atoms with E-state index in [9.17, 15) is 9.59 Å². The molecule has 7 heteroatoms. The molecule has 4 N–H and O–H groups in total. The van der Waals surface area contributed by atoms with Gasteiger partial charge >= 0.3 is 5.69 Å². The Kier molecular flexibility index (Phi) is 3.21. The molecule has 0 fully saturated rings. The number of fused-ring (bicyclic) bond motifs is 3. The lowest BCUT2D eigenvalue weighted by atomic mass is 10.1. The number of nitrogens with zero attached hydrogens (tertiary/aromatic N) is 2. The van der Waals surface area contributed by atoms with Crippen molar-refractivity contribution in [3.8, 4) is 0 Å². The molecule has 106 valence electrons. The number of amides is 1. The zero-order chi connectivity index (χ0) is 14.3. The van der Waals surface area contributed by atoms with Crippen molar-refractivity contribution in [1.82, 2.24) is 9.55 Å². The van der Waals surface area contributed by atoms with Gasteiger partial charge in [-0.1, -0.05) is 6.42 Å². The zero-order valence-corrected chi connectivity index (χ0v) is 11.8. The first-order valence-electron chi connectivity index (χ1n) is 6.67. The largest absolute Gasteiger partial charge is 0.383 e. The third-order valence-corrected chi connectivity index (χ3v) is 4.98. The Morgan fingerprint density at radius 2 is 2.05 bits per heavy atom. The molecule has 0 spiro atoms. The highest BCUT2D eigenvalue weighted by molar-refractivity contribution is 7.19. The third kappa shape index (κ3) is 2.07. The van der Waals surface area contributed by atoms with E-state index in [4.69, 9.17) is 11.5 Å². The van der Waals surface area contributed by atoms with Gasteiger partial charge in [-0.25, -0.2) is 4.79 Å². The van der Waals surface area contributed by atoms with E-state index in [1.807, 2.05) is 0 Å². The molecule has 0 bridgehead atoms. The van der Waals surface area contributed by atoms with Crippen LogP contribution >= 0.6 is 11.3 Å². The Bertz CT molecular complexity index is 747. The number of hydrogen-bond donors (Lipinski definition) is 2. The van der Waals surface area contributed by atoms with Gasteiger partial charge in [-0.2, -0.15) is 4.98 Å². The van der Waals surface area contributed by atoms with Crippen molar-refractivity contribution in [2.75, 3.05) is 5.73 Å². The number of primary amides is 1. The number of thiophene rings is 1. The summed E-state index contributed by atoms with van der Waals surface area (Å²) >= 11 is 1.55. The summed E-state index contributed by atoms with van der Waals surface area (Å²) < 4.78 is 1.34. The van der Waals surface area contributed by atoms with Gasteiger partial charge in [0.2, 0.25) is 5.91 Å². The molecule has 2 aromatic rings. The molecule has 3 rings (SSSR count). The van der Waals surface area contributed by atoms with Gasteiger partial charge in [0, 0.05) is 4.88 Å². The number of rotatable bonds is 2. The normalized spacial score (nSPS) is 15.0. The van der Waals surface area contributed by atoms with Crippen molar-refractivity contribution in [2.24, 2.45) is 5.73 Å². The first kappa shape index (κ1) is 13.1. The van der Waals surface area contributed by atoms with Crippen LogP contribution in [0.4, 0.5) is 5.82 Å². The Morgan fingerprint density at radius 3 is 2.80 bits per heavy atom. The quantitative estimate of drug-likeness (QED) is 0.799. The zero-order valence-electron chi connectivity index (χ0n) is 11.0. The van der Waals surface area contributed by atoms with E-state index in [0.29, 0.717) is 0 Å². The molecule has 20 heavy (non-hydrogen) atoms. The standard InChI is InChI=1S/C13H16N4O2S/c14-9(18)6-17-12-10(11(15)16-13(17)19)7-4-2-1-3-5-8(7)20-12/h1-6H2,(H2,14,18)(H2,15,16,19). The number of aromatic nitrogens is 2. The summed E-state index contributed by atoms with van der Waals surface area (Å²) in [4.78, 5) is 28.9. The Balaban J connectivity index is 2.31. The van der Waals surface area contributed by atoms with Gasteiger partial charge in [-0.05, 0) is 31.2 Å². The minimum absolute atomic E-state index is 0.151. The maximum atomic E-state index is 11.9. The maximum absolute atomic E-state index is 11.9. The van der Waals surface area contributed by atoms with Gasteiger partial charge in [0.15, 0.2) is 0 Å². The van der Waals surface area contributed by atoms with Crippen molar-refractivity contribution < 1.29 is 4.79 Å². The molecule has 0 saturated carbocycles. The molecule has 0 atom stereocenters. The molecule has 0 radical (unpaired) electrons. The van der Waals surface area contributed by atoms with E-state index >= 15 is 0 Å². The van der Waals surface area contributed by atoms with Gasteiger partial charge in [-0.15, -0.1) is 11.3 Å². The van der Waals surface area contributed by atoms with Crippen LogP contribution in [0.3, 0.4) is 0 Å². The van der Waals surface area contributed by atoms with Gasteiger partial charge in [0.05, 0.1) is 5.39 Å². The predicted octanol–water partition coefficient (Wildman–Crippen LogP) is 0.794. The number of aryl methyl sites for hydroxylation is 2. The summed E-state index contributed by atoms with van der Waals surface area (Å²) in [5.74, 6) is -0.284. The lowest BCUT2D eigenvalue weighted by Gasteiger charge is -2.06. The molecule has 1 aliphatic rings. The number of nitrogens with two attached hydrogens (primary N) is 2. The van der Waals surface area contributed by atoms with Crippen LogP contribution in [0, 0.1) is 0 Å². The summed E-state index contributed by atoms with van der Waals surface area (Å²) in [5.41, 5.74) is 11.8. The highest BCUT2D eigenvalue weighted by Gasteiger charge is 2.21. The van der Waals surface area contributed by atoms with Crippen LogP contribution in [0.1, 0.15) is 29.7 Å². The molecule has 0 aliphatic heterocycles. The SMILES string of the molecule is NC(=O)Cn1c(=O)nc(N)c2c3c(sc21)CCCCC3. The Hall–Kier alpha value is -1.89. The molecule has 1 aliphatic carbocycles. The van der Waals surface area contributed by atoms with E-state index in [1.54, 1.807) is 11.3 Å². The van der Waals surface area contributed by atoms with Crippen LogP contribution in [0.15, 0.2) is 4.79 Å². The fourth-order valence-corrected chi connectivity index (χ4v) is 4.17. The minimum Gasteiger partial charge on any atom is -0.383 e. The van der Waals surface area contributed by atoms with Crippen molar-refractivity contribution in [2.45, 2.75) is 38.6 Å². The van der Waals surface area contributed by atoms with E-state index in [2.05, 4.69) is 4.98 Å². The number of anilines is 1. The van der Waals surface area contributed by atoms with Gasteiger partial charge in [-0.3, -0.25) is 9.36 Å². The van der Waals surface area contributed by atoms with Gasteiger partial charge in [0.25, 0.3) is 0 Å². The van der Waals surface area contributed by atoms with Crippen molar-refractivity contribution in [3.63, 3.8) is 0 Å². The van der Waals surface area contributed by atoms with Crippen LogP contribution in [0.25, 0.3) is 10.2 Å². The second-order valence-electron chi connectivity index (χ2n) is 5.08. The number of carbonyl (C=O) groups excluding carboxylic acids is 1. The Morgan fingerprint density at radius 1 is 1.30 bits per heavy atom. The lowest BCUT2D eigenvalue weighted by Crippen LogP contribution is -2.30. The summed E-state index contributed by atoms with van der Waals surface area (Å²) in [7, 11) is 0. The van der Waals surface area contributed by atoms with Crippen LogP contribution in [-0.2, 0) is 24.2 Å². The second-order valence-corrected chi connectivity index (χ2v) is 6.16. The number of carbonyl (C=O) groups is 1. The fourth-order valence-electron chi connectivity index (χ4n) is 2.78. The summed E-state index contributed by atoms with van der Waals surface area (Å²) in [6, 6.07) is 0. The summed E-state index contributed by atoms with van der Waals surface area (Å²) in [6.07, 6.45) is 5.42. The first-order valence-corrected chi connectivity index (χ1v) is 7.48.